The summed E-state index contributed by atoms with van der Waals surface area (Å²) in [5.41, 5.74) is 4.01. The van der Waals surface area contributed by atoms with Gasteiger partial charge in [0.05, 0.1) is 18.7 Å². The molecule has 0 aliphatic heterocycles. The standard InChI is InChI=1S/C25H26N2O2S2/c1-29-24(28)21-19-15-9-4-10-16-20(19)31-23(21)27-25(30)26-22(17-11-5-2-6-12-17)18-13-7-3-8-14-18/h2-3,5-8,11-14,22H,4,9-10,15-16H2,1H3,(H2,26,27,30). The number of ether oxygens (including phenoxy) is 1. The molecule has 0 atom stereocenters. The van der Waals surface area contributed by atoms with E-state index in [0.717, 1.165) is 47.4 Å². The monoisotopic (exact) mass is 450 g/mol. The van der Waals surface area contributed by atoms with E-state index >= 15 is 0 Å². The number of hydrogen-bond donors (Lipinski definition) is 2. The van der Waals surface area contributed by atoms with Gasteiger partial charge in [0, 0.05) is 4.88 Å². The third kappa shape index (κ3) is 4.97. The number of esters is 1. The van der Waals surface area contributed by atoms with Crippen LogP contribution in [0.3, 0.4) is 0 Å². The molecule has 0 radical (unpaired) electrons. The zero-order valence-corrected chi connectivity index (χ0v) is 19.2. The Morgan fingerprint density at radius 2 is 1.58 bits per heavy atom. The minimum absolute atomic E-state index is 0.0956. The van der Waals surface area contributed by atoms with Crippen molar-refractivity contribution in [1.82, 2.24) is 5.32 Å². The van der Waals surface area contributed by atoms with Gasteiger partial charge in [-0.05, 0) is 54.6 Å². The van der Waals surface area contributed by atoms with Crippen LogP contribution in [-0.4, -0.2) is 18.2 Å². The predicted octanol–water partition coefficient (Wildman–Crippen LogP) is 5.88. The quantitative estimate of drug-likeness (QED) is 0.289. The summed E-state index contributed by atoms with van der Waals surface area (Å²) in [6.07, 6.45) is 5.36. The van der Waals surface area contributed by atoms with Gasteiger partial charge in [-0.15, -0.1) is 11.3 Å². The van der Waals surface area contributed by atoms with Gasteiger partial charge in [0.15, 0.2) is 5.11 Å². The normalized spacial score (nSPS) is 13.2. The number of benzene rings is 2. The second kappa shape index (κ2) is 10.1. The number of thiocarbonyl (C=S) groups is 1. The van der Waals surface area contributed by atoms with E-state index in [-0.39, 0.29) is 12.0 Å². The maximum atomic E-state index is 12.6. The summed E-state index contributed by atoms with van der Waals surface area (Å²) in [7, 11) is 1.43. The Balaban J connectivity index is 1.61. The minimum atomic E-state index is -0.299. The van der Waals surface area contributed by atoms with E-state index < -0.39 is 0 Å². The van der Waals surface area contributed by atoms with E-state index in [1.807, 2.05) is 36.4 Å². The van der Waals surface area contributed by atoms with Gasteiger partial charge < -0.3 is 15.4 Å². The van der Waals surface area contributed by atoms with Gasteiger partial charge in [-0.3, -0.25) is 0 Å². The molecule has 160 valence electrons. The molecule has 0 amide bonds. The van der Waals surface area contributed by atoms with E-state index in [9.17, 15) is 4.79 Å². The number of rotatable bonds is 5. The van der Waals surface area contributed by atoms with Crippen molar-refractivity contribution in [1.29, 1.82) is 0 Å². The highest BCUT2D eigenvalue weighted by Gasteiger charge is 2.26. The lowest BCUT2D eigenvalue weighted by molar-refractivity contribution is 0.0601. The van der Waals surface area contributed by atoms with Crippen molar-refractivity contribution in [2.24, 2.45) is 0 Å². The number of hydrogen-bond acceptors (Lipinski definition) is 4. The van der Waals surface area contributed by atoms with Crippen LogP contribution in [-0.2, 0) is 17.6 Å². The van der Waals surface area contributed by atoms with Crippen molar-refractivity contribution in [2.75, 3.05) is 12.4 Å². The molecule has 0 bridgehead atoms. The Kier molecular flexibility index (Phi) is 6.99. The van der Waals surface area contributed by atoms with Gasteiger partial charge in [-0.2, -0.15) is 0 Å². The molecule has 1 aliphatic carbocycles. The number of anilines is 1. The van der Waals surface area contributed by atoms with Gasteiger partial charge in [0.2, 0.25) is 0 Å². The van der Waals surface area contributed by atoms with Crippen LogP contribution in [0.4, 0.5) is 5.00 Å². The summed E-state index contributed by atoms with van der Waals surface area (Å²) in [6, 6.07) is 20.3. The first kappa shape index (κ1) is 21.5. The van der Waals surface area contributed by atoms with Crippen LogP contribution in [0.25, 0.3) is 0 Å². The van der Waals surface area contributed by atoms with Crippen molar-refractivity contribution in [3.8, 4) is 0 Å². The number of thiophene rings is 1. The van der Waals surface area contributed by atoms with Crippen molar-refractivity contribution >= 4 is 39.6 Å². The molecule has 0 unspecified atom stereocenters. The zero-order valence-electron chi connectivity index (χ0n) is 17.5. The summed E-state index contributed by atoms with van der Waals surface area (Å²) >= 11 is 7.32. The molecule has 0 spiro atoms. The Morgan fingerprint density at radius 1 is 0.968 bits per heavy atom. The van der Waals surface area contributed by atoms with E-state index in [2.05, 4.69) is 34.9 Å². The molecule has 0 saturated carbocycles. The Labute approximate surface area is 192 Å². The maximum absolute atomic E-state index is 12.6. The van der Waals surface area contributed by atoms with Crippen molar-refractivity contribution < 1.29 is 9.53 Å². The van der Waals surface area contributed by atoms with Crippen LogP contribution < -0.4 is 10.6 Å². The van der Waals surface area contributed by atoms with E-state index in [0.29, 0.717) is 10.7 Å². The molecular weight excluding hydrogens is 424 g/mol. The van der Waals surface area contributed by atoms with Gasteiger partial charge >= 0.3 is 5.97 Å². The second-order valence-corrected chi connectivity index (χ2v) is 9.13. The maximum Gasteiger partial charge on any atom is 0.341 e. The predicted molar refractivity (Wildman–Crippen MR) is 131 cm³/mol. The average Bonchev–Trinajstić information content (AvgIpc) is 2.98. The van der Waals surface area contributed by atoms with Crippen LogP contribution in [0.2, 0.25) is 0 Å². The number of aryl methyl sites for hydroxylation is 1. The van der Waals surface area contributed by atoms with Crippen LogP contribution in [0, 0.1) is 0 Å². The fraction of sp³-hybridized carbons (Fsp3) is 0.280. The molecule has 2 N–H and O–H groups in total. The van der Waals surface area contributed by atoms with Gasteiger partial charge in [0.25, 0.3) is 0 Å². The number of fused-ring (bicyclic) bond motifs is 1. The van der Waals surface area contributed by atoms with Gasteiger partial charge in [0.1, 0.15) is 5.00 Å². The van der Waals surface area contributed by atoms with Crippen LogP contribution in [0.5, 0.6) is 0 Å². The molecule has 2 aromatic carbocycles. The van der Waals surface area contributed by atoms with Gasteiger partial charge in [-0.25, -0.2) is 4.79 Å². The molecular formula is C25H26N2O2S2. The molecule has 0 saturated heterocycles. The third-order valence-electron chi connectivity index (χ3n) is 5.58. The average molecular weight is 451 g/mol. The molecule has 1 aromatic heterocycles. The number of carbonyl (C=O) groups is 1. The first-order valence-corrected chi connectivity index (χ1v) is 11.8. The first-order chi connectivity index (χ1) is 15.2. The number of methoxy groups -OCH3 is 1. The Hall–Kier alpha value is -2.70. The third-order valence-corrected chi connectivity index (χ3v) is 7.01. The van der Waals surface area contributed by atoms with Crippen LogP contribution in [0.1, 0.15) is 57.2 Å². The summed E-state index contributed by atoms with van der Waals surface area (Å²) in [6.45, 7) is 0. The molecule has 31 heavy (non-hydrogen) atoms. The molecule has 0 fully saturated rings. The van der Waals surface area contributed by atoms with E-state index in [1.54, 1.807) is 11.3 Å². The lowest BCUT2D eigenvalue weighted by Crippen LogP contribution is -2.33. The zero-order chi connectivity index (χ0) is 21.6. The van der Waals surface area contributed by atoms with Crippen molar-refractivity contribution in [3.05, 3.63) is 87.8 Å². The summed E-state index contributed by atoms with van der Waals surface area (Å²) in [5, 5.41) is 8.02. The molecule has 4 nitrogen and oxygen atoms in total. The highest BCUT2D eigenvalue weighted by molar-refractivity contribution is 7.80. The Morgan fingerprint density at radius 3 is 2.19 bits per heavy atom. The fourth-order valence-electron chi connectivity index (χ4n) is 4.07. The molecule has 4 rings (SSSR count). The first-order valence-electron chi connectivity index (χ1n) is 10.6. The lowest BCUT2D eigenvalue weighted by Gasteiger charge is -2.22. The topological polar surface area (TPSA) is 50.4 Å². The summed E-state index contributed by atoms with van der Waals surface area (Å²) in [4.78, 5) is 13.9. The minimum Gasteiger partial charge on any atom is -0.465 e. The van der Waals surface area contributed by atoms with Crippen molar-refractivity contribution in [2.45, 2.75) is 38.1 Å². The van der Waals surface area contributed by atoms with Gasteiger partial charge in [-0.1, -0.05) is 67.1 Å². The molecule has 3 aromatic rings. The smallest absolute Gasteiger partial charge is 0.341 e. The molecule has 1 heterocycles. The molecule has 6 heteroatoms. The van der Waals surface area contributed by atoms with Crippen LogP contribution >= 0.6 is 23.6 Å². The lowest BCUT2D eigenvalue weighted by atomic mass is 9.99. The van der Waals surface area contributed by atoms with Crippen LogP contribution in [0.15, 0.2) is 60.7 Å². The second-order valence-electron chi connectivity index (χ2n) is 7.61. The Bertz CT molecular complexity index is 1010. The largest absolute Gasteiger partial charge is 0.465 e. The fourth-order valence-corrected chi connectivity index (χ4v) is 5.64. The molecule has 1 aliphatic rings. The number of carbonyl (C=O) groups excluding carboxylic acids is 1. The van der Waals surface area contributed by atoms with Crippen molar-refractivity contribution in [3.63, 3.8) is 0 Å². The summed E-state index contributed by atoms with van der Waals surface area (Å²) < 4.78 is 5.11. The summed E-state index contributed by atoms with van der Waals surface area (Å²) in [5.74, 6) is -0.299. The number of nitrogens with one attached hydrogen (secondary N) is 2. The van der Waals surface area contributed by atoms with E-state index in [4.69, 9.17) is 17.0 Å². The SMILES string of the molecule is COC(=O)c1c(NC(=S)NC(c2ccccc2)c2ccccc2)sc2c1CCCCC2. The highest BCUT2D eigenvalue weighted by Crippen LogP contribution is 2.38. The highest BCUT2D eigenvalue weighted by atomic mass is 32.1. The van der Waals surface area contributed by atoms with E-state index in [1.165, 1.54) is 18.4 Å².